The van der Waals surface area contributed by atoms with Crippen LogP contribution in [0.25, 0.3) is 0 Å². The fourth-order valence-corrected chi connectivity index (χ4v) is 3.21. The maximum Gasteiger partial charge on any atom is 0.335 e. The first-order valence-corrected chi connectivity index (χ1v) is 9.02. The second kappa shape index (κ2) is 8.77. The molecule has 6 heteroatoms. The number of carboxylic acid groups (broad SMARTS) is 1. The van der Waals surface area contributed by atoms with Gasteiger partial charge in [0, 0.05) is 19.7 Å². The number of carbonyl (C=O) groups excluding carboxylic acids is 1. The Morgan fingerprint density at radius 1 is 1.19 bits per heavy atom. The van der Waals surface area contributed by atoms with Crippen molar-refractivity contribution in [1.29, 1.82) is 0 Å². The number of rotatable bonds is 7. The molecule has 0 saturated carbocycles. The van der Waals surface area contributed by atoms with Gasteiger partial charge in [-0.3, -0.25) is 4.79 Å². The summed E-state index contributed by atoms with van der Waals surface area (Å²) >= 11 is 0. The average Bonchev–Trinajstić information content (AvgIpc) is 3.14. The Labute approximate surface area is 157 Å². The van der Waals surface area contributed by atoms with Gasteiger partial charge in [-0.05, 0) is 43.0 Å². The van der Waals surface area contributed by atoms with E-state index < -0.39 is 17.7 Å². The number of nitrogens with zero attached hydrogens (tertiary/aromatic N) is 1. The van der Waals surface area contributed by atoms with Gasteiger partial charge in [0.25, 0.3) is 5.91 Å². The molecule has 1 aliphatic rings. The van der Waals surface area contributed by atoms with Crippen molar-refractivity contribution in [2.24, 2.45) is 0 Å². The SMILES string of the molecule is O=C(O)c1ccc(C(=O)N2CCC(OCCCc3ccccc3)C2)c(F)c1. The van der Waals surface area contributed by atoms with E-state index in [-0.39, 0.29) is 17.2 Å². The van der Waals surface area contributed by atoms with Gasteiger partial charge in [-0.2, -0.15) is 0 Å². The largest absolute Gasteiger partial charge is 0.478 e. The van der Waals surface area contributed by atoms with Crippen molar-refractivity contribution in [2.75, 3.05) is 19.7 Å². The van der Waals surface area contributed by atoms with E-state index in [9.17, 15) is 14.0 Å². The molecule has 1 atom stereocenters. The van der Waals surface area contributed by atoms with E-state index in [0.29, 0.717) is 26.1 Å². The molecule has 1 heterocycles. The van der Waals surface area contributed by atoms with E-state index in [2.05, 4.69) is 12.1 Å². The molecule has 1 unspecified atom stereocenters. The normalized spacial score (nSPS) is 16.5. The number of aryl methyl sites for hydroxylation is 1. The molecular weight excluding hydrogens is 349 g/mol. The molecule has 1 N–H and O–H groups in total. The molecule has 1 saturated heterocycles. The summed E-state index contributed by atoms with van der Waals surface area (Å²) in [6, 6.07) is 13.5. The summed E-state index contributed by atoms with van der Waals surface area (Å²) in [7, 11) is 0. The Hall–Kier alpha value is -2.73. The Morgan fingerprint density at radius 2 is 1.96 bits per heavy atom. The first-order valence-electron chi connectivity index (χ1n) is 9.02. The van der Waals surface area contributed by atoms with Crippen LogP contribution in [0.15, 0.2) is 48.5 Å². The first-order chi connectivity index (χ1) is 13.0. The van der Waals surface area contributed by atoms with Gasteiger partial charge in [-0.15, -0.1) is 0 Å². The van der Waals surface area contributed by atoms with Crippen LogP contribution in [0, 0.1) is 5.82 Å². The highest BCUT2D eigenvalue weighted by Gasteiger charge is 2.29. The molecule has 0 bridgehead atoms. The molecule has 1 aliphatic heterocycles. The zero-order valence-electron chi connectivity index (χ0n) is 14.9. The Kier molecular flexibility index (Phi) is 6.19. The number of hydrogen-bond acceptors (Lipinski definition) is 3. The van der Waals surface area contributed by atoms with Gasteiger partial charge in [-0.25, -0.2) is 9.18 Å². The Morgan fingerprint density at radius 3 is 2.67 bits per heavy atom. The summed E-state index contributed by atoms with van der Waals surface area (Å²) in [6.07, 6.45) is 2.51. The van der Waals surface area contributed by atoms with Crippen molar-refractivity contribution in [1.82, 2.24) is 4.90 Å². The van der Waals surface area contributed by atoms with Crippen LogP contribution in [0.5, 0.6) is 0 Å². The van der Waals surface area contributed by atoms with E-state index in [4.69, 9.17) is 9.84 Å². The van der Waals surface area contributed by atoms with Crippen LogP contribution < -0.4 is 0 Å². The molecule has 1 fully saturated rings. The average molecular weight is 371 g/mol. The summed E-state index contributed by atoms with van der Waals surface area (Å²) in [4.78, 5) is 24.9. The molecule has 0 aromatic heterocycles. The van der Waals surface area contributed by atoms with Gasteiger partial charge in [0.1, 0.15) is 5.82 Å². The summed E-state index contributed by atoms with van der Waals surface area (Å²) in [6.45, 7) is 1.54. The van der Waals surface area contributed by atoms with Crippen LogP contribution in [0.2, 0.25) is 0 Å². The van der Waals surface area contributed by atoms with Gasteiger partial charge >= 0.3 is 5.97 Å². The van der Waals surface area contributed by atoms with Crippen LogP contribution in [0.1, 0.15) is 39.1 Å². The molecular formula is C21H22FNO4. The number of benzene rings is 2. The molecule has 2 aromatic rings. The highest BCUT2D eigenvalue weighted by molar-refractivity contribution is 5.96. The van der Waals surface area contributed by atoms with Crippen LogP contribution in [-0.4, -0.2) is 47.7 Å². The van der Waals surface area contributed by atoms with E-state index in [1.165, 1.54) is 17.7 Å². The molecule has 5 nitrogen and oxygen atoms in total. The lowest BCUT2D eigenvalue weighted by molar-refractivity contribution is 0.0523. The second-order valence-corrected chi connectivity index (χ2v) is 6.62. The third kappa shape index (κ3) is 4.92. The molecule has 2 aromatic carbocycles. The fraction of sp³-hybridized carbons (Fsp3) is 0.333. The van der Waals surface area contributed by atoms with Gasteiger partial charge in [-0.1, -0.05) is 30.3 Å². The minimum absolute atomic E-state index is 0.0499. The number of halogens is 1. The molecule has 27 heavy (non-hydrogen) atoms. The zero-order chi connectivity index (χ0) is 19.2. The summed E-state index contributed by atoms with van der Waals surface area (Å²) < 4.78 is 19.9. The van der Waals surface area contributed by atoms with Crippen molar-refractivity contribution >= 4 is 11.9 Å². The van der Waals surface area contributed by atoms with Gasteiger partial charge in [0.2, 0.25) is 0 Å². The lowest BCUT2D eigenvalue weighted by Crippen LogP contribution is -2.31. The number of amides is 1. The lowest BCUT2D eigenvalue weighted by atomic mass is 10.1. The molecule has 0 aliphatic carbocycles. The van der Waals surface area contributed by atoms with E-state index >= 15 is 0 Å². The standard InChI is InChI=1S/C21H22FNO4/c22-19-13-16(21(25)26)8-9-18(19)20(24)23-11-10-17(14-23)27-12-4-7-15-5-2-1-3-6-15/h1-3,5-6,8-9,13,17H,4,7,10-12,14H2,(H,25,26). The maximum atomic E-state index is 14.1. The summed E-state index contributed by atoms with van der Waals surface area (Å²) in [5.74, 6) is -2.47. The van der Waals surface area contributed by atoms with Crippen molar-refractivity contribution in [2.45, 2.75) is 25.4 Å². The minimum atomic E-state index is -1.22. The monoisotopic (exact) mass is 371 g/mol. The topological polar surface area (TPSA) is 66.8 Å². The number of carboxylic acids is 1. The van der Waals surface area contributed by atoms with Crippen molar-refractivity contribution in [3.05, 3.63) is 71.0 Å². The van der Waals surface area contributed by atoms with E-state index in [1.54, 1.807) is 4.90 Å². The molecule has 3 rings (SSSR count). The van der Waals surface area contributed by atoms with Crippen molar-refractivity contribution in [3.8, 4) is 0 Å². The van der Waals surface area contributed by atoms with E-state index in [1.807, 2.05) is 18.2 Å². The minimum Gasteiger partial charge on any atom is -0.478 e. The number of likely N-dealkylation sites (tertiary alicyclic amines) is 1. The van der Waals surface area contributed by atoms with Gasteiger partial charge in [0.05, 0.1) is 17.2 Å². The third-order valence-electron chi connectivity index (χ3n) is 4.68. The highest BCUT2D eigenvalue weighted by atomic mass is 19.1. The number of ether oxygens (including phenoxy) is 1. The van der Waals surface area contributed by atoms with Crippen LogP contribution in [-0.2, 0) is 11.2 Å². The molecule has 0 spiro atoms. The fourth-order valence-electron chi connectivity index (χ4n) is 3.21. The van der Waals surface area contributed by atoms with Gasteiger partial charge < -0.3 is 14.7 Å². The van der Waals surface area contributed by atoms with Crippen molar-refractivity contribution in [3.63, 3.8) is 0 Å². The summed E-state index contributed by atoms with van der Waals surface area (Å²) in [5, 5.41) is 8.88. The first kappa shape index (κ1) is 19.0. The number of hydrogen-bond donors (Lipinski definition) is 1. The predicted molar refractivity (Wildman–Crippen MR) is 98.4 cm³/mol. The zero-order valence-corrected chi connectivity index (χ0v) is 14.9. The lowest BCUT2D eigenvalue weighted by Gasteiger charge is -2.17. The quantitative estimate of drug-likeness (QED) is 0.758. The number of carbonyl (C=O) groups is 2. The second-order valence-electron chi connectivity index (χ2n) is 6.62. The van der Waals surface area contributed by atoms with E-state index in [0.717, 1.165) is 18.9 Å². The summed E-state index contributed by atoms with van der Waals surface area (Å²) in [5.41, 5.74) is 0.986. The molecule has 0 radical (unpaired) electrons. The maximum absolute atomic E-state index is 14.1. The van der Waals surface area contributed by atoms with Crippen LogP contribution >= 0.6 is 0 Å². The predicted octanol–water partition coefficient (Wildman–Crippen LogP) is 3.39. The Balaban J connectivity index is 1.47. The van der Waals surface area contributed by atoms with Crippen LogP contribution in [0.3, 0.4) is 0 Å². The van der Waals surface area contributed by atoms with Crippen molar-refractivity contribution < 1.29 is 23.8 Å². The molecule has 1 amide bonds. The van der Waals surface area contributed by atoms with Crippen LogP contribution in [0.4, 0.5) is 4.39 Å². The van der Waals surface area contributed by atoms with Gasteiger partial charge in [0.15, 0.2) is 0 Å². The smallest absolute Gasteiger partial charge is 0.335 e. The molecule has 142 valence electrons. The Bertz CT molecular complexity index is 809. The number of aromatic carboxylic acids is 1. The highest BCUT2D eigenvalue weighted by Crippen LogP contribution is 2.19. The third-order valence-corrected chi connectivity index (χ3v) is 4.68.